The van der Waals surface area contributed by atoms with Gasteiger partial charge in [0.25, 0.3) is 0 Å². The smallest absolute Gasteiger partial charge is 0.340 e. The first-order chi connectivity index (χ1) is 14.4. The fourth-order valence-corrected chi connectivity index (χ4v) is 3.38. The molecule has 1 aromatic carbocycles. The predicted octanol–water partition coefficient (Wildman–Crippen LogP) is 3.79. The number of alkyl halides is 6. The van der Waals surface area contributed by atoms with Gasteiger partial charge in [0.2, 0.25) is 5.91 Å². The van der Waals surface area contributed by atoms with Crippen LogP contribution in [-0.2, 0) is 11.3 Å². The van der Waals surface area contributed by atoms with Gasteiger partial charge in [0, 0.05) is 51.5 Å². The molecular weight excluding hydrogens is 433 g/mol. The molecule has 0 spiro atoms. The Hall–Kier alpha value is -2.63. The lowest BCUT2D eigenvalue weighted by atomic mass is 10.0. The molecule has 1 aliphatic heterocycles. The number of benzene rings is 1. The average Bonchev–Trinajstić information content (AvgIpc) is 3.19. The minimum Gasteiger partial charge on any atom is -0.340 e. The number of amides is 1. The summed E-state index contributed by atoms with van der Waals surface area (Å²) in [6, 6.07) is 6.26. The fourth-order valence-electron chi connectivity index (χ4n) is 3.38. The molecule has 1 aliphatic rings. The molecule has 31 heavy (non-hydrogen) atoms. The zero-order valence-electron chi connectivity index (χ0n) is 16.1. The molecule has 2 aromatic rings. The number of rotatable bonds is 5. The van der Waals surface area contributed by atoms with E-state index >= 15 is 0 Å². The third kappa shape index (κ3) is 5.75. The van der Waals surface area contributed by atoms with Gasteiger partial charge in [-0.05, 0) is 23.8 Å². The molecule has 0 atom stereocenters. The summed E-state index contributed by atoms with van der Waals surface area (Å²) < 4.78 is 91.7. The molecule has 5 nitrogen and oxygen atoms in total. The number of carbonyl (C=O) groups is 1. The van der Waals surface area contributed by atoms with Gasteiger partial charge in [-0.1, -0.05) is 6.07 Å². The van der Waals surface area contributed by atoms with Crippen molar-refractivity contribution in [2.24, 2.45) is 5.92 Å². The van der Waals surface area contributed by atoms with Crippen LogP contribution < -0.4 is 0 Å². The minimum absolute atomic E-state index is 0.00484. The largest absolute Gasteiger partial charge is 0.400 e. The van der Waals surface area contributed by atoms with Gasteiger partial charge in [0.05, 0.1) is 0 Å². The Bertz CT molecular complexity index is 874. The van der Waals surface area contributed by atoms with Gasteiger partial charge < -0.3 is 4.90 Å². The molecule has 2 heterocycles. The second-order valence-corrected chi connectivity index (χ2v) is 7.23. The van der Waals surface area contributed by atoms with E-state index in [2.05, 4.69) is 5.10 Å². The summed E-state index contributed by atoms with van der Waals surface area (Å²) in [6.07, 6.45) is -9.63. The van der Waals surface area contributed by atoms with E-state index in [1.165, 1.54) is 16.9 Å². The third-order valence-electron chi connectivity index (χ3n) is 5.06. The number of nitrogens with zero attached hydrogens (tertiary/aromatic N) is 4. The van der Waals surface area contributed by atoms with Crippen LogP contribution in [0.1, 0.15) is 12.0 Å². The lowest BCUT2D eigenvalue weighted by molar-refractivity contribution is -0.284. The van der Waals surface area contributed by atoms with Crippen LogP contribution in [0.4, 0.5) is 30.7 Å². The quantitative estimate of drug-likeness (QED) is 0.649. The van der Waals surface area contributed by atoms with Gasteiger partial charge in [-0.25, -0.2) is 9.07 Å². The molecule has 1 saturated heterocycles. The molecule has 3 rings (SSSR count). The van der Waals surface area contributed by atoms with Gasteiger partial charge in [-0.15, -0.1) is 0 Å². The number of aromatic nitrogens is 2. The summed E-state index contributed by atoms with van der Waals surface area (Å²) in [5.41, 5.74) is 0.912. The number of halogens is 7. The lowest BCUT2D eigenvalue weighted by Crippen LogP contribution is -2.50. The van der Waals surface area contributed by atoms with Gasteiger partial charge in [0.15, 0.2) is 5.92 Å². The van der Waals surface area contributed by atoms with Crippen molar-refractivity contribution < 1.29 is 35.5 Å². The van der Waals surface area contributed by atoms with Crippen LogP contribution in [0.3, 0.4) is 0 Å². The minimum atomic E-state index is -5.54. The van der Waals surface area contributed by atoms with E-state index in [0.29, 0.717) is 12.1 Å². The van der Waals surface area contributed by atoms with Crippen molar-refractivity contribution in [1.29, 1.82) is 0 Å². The van der Waals surface area contributed by atoms with E-state index in [9.17, 15) is 35.5 Å². The van der Waals surface area contributed by atoms with Gasteiger partial charge in [-0.2, -0.15) is 31.4 Å². The van der Waals surface area contributed by atoms with E-state index in [1.54, 1.807) is 24.4 Å². The van der Waals surface area contributed by atoms with Crippen LogP contribution >= 0.6 is 0 Å². The first kappa shape index (κ1) is 23.0. The Labute approximate surface area is 173 Å². The van der Waals surface area contributed by atoms with E-state index in [0.717, 1.165) is 4.90 Å². The van der Waals surface area contributed by atoms with E-state index in [4.69, 9.17) is 0 Å². The molecule has 0 radical (unpaired) electrons. The van der Waals surface area contributed by atoms with Crippen LogP contribution in [0.25, 0.3) is 5.69 Å². The maximum atomic E-state index is 14.3. The summed E-state index contributed by atoms with van der Waals surface area (Å²) in [4.78, 5) is 14.9. The molecule has 1 aromatic heterocycles. The first-order valence-electron chi connectivity index (χ1n) is 9.37. The van der Waals surface area contributed by atoms with Gasteiger partial charge >= 0.3 is 12.4 Å². The summed E-state index contributed by atoms with van der Waals surface area (Å²) in [5, 5.41) is 3.96. The van der Waals surface area contributed by atoms with Crippen molar-refractivity contribution in [3.63, 3.8) is 0 Å². The molecule has 0 bridgehead atoms. The van der Waals surface area contributed by atoms with Crippen molar-refractivity contribution in [1.82, 2.24) is 19.6 Å². The Balaban J connectivity index is 1.55. The van der Waals surface area contributed by atoms with Crippen LogP contribution in [-0.4, -0.2) is 64.0 Å². The Kier molecular flexibility index (Phi) is 6.58. The van der Waals surface area contributed by atoms with Crippen LogP contribution in [0.5, 0.6) is 0 Å². The van der Waals surface area contributed by atoms with Gasteiger partial charge in [0.1, 0.15) is 11.5 Å². The summed E-state index contributed by atoms with van der Waals surface area (Å²) in [6.45, 7) is 0.810. The van der Waals surface area contributed by atoms with Gasteiger partial charge in [-0.3, -0.25) is 9.69 Å². The Morgan fingerprint density at radius 2 is 1.68 bits per heavy atom. The van der Waals surface area contributed by atoms with Crippen molar-refractivity contribution in [3.8, 4) is 5.69 Å². The topological polar surface area (TPSA) is 41.4 Å². The van der Waals surface area contributed by atoms with Crippen LogP contribution in [0.15, 0.2) is 36.7 Å². The first-order valence-corrected chi connectivity index (χ1v) is 9.37. The number of piperazine rings is 1. The normalized spacial score (nSPS) is 16.2. The summed E-state index contributed by atoms with van der Waals surface area (Å²) in [7, 11) is 0. The third-order valence-corrected chi connectivity index (χ3v) is 5.06. The van der Waals surface area contributed by atoms with E-state index in [-0.39, 0.29) is 31.9 Å². The highest BCUT2D eigenvalue weighted by atomic mass is 19.4. The predicted molar refractivity (Wildman–Crippen MR) is 95.6 cm³/mol. The zero-order chi connectivity index (χ0) is 22.8. The molecule has 0 aliphatic carbocycles. The Morgan fingerprint density at radius 1 is 1.03 bits per heavy atom. The average molecular weight is 452 g/mol. The van der Waals surface area contributed by atoms with E-state index < -0.39 is 36.4 Å². The fraction of sp³-hybridized carbons (Fsp3) is 0.474. The molecular formula is C19H19F7N4O. The maximum Gasteiger partial charge on any atom is 0.400 e. The molecule has 0 unspecified atom stereocenters. The monoisotopic (exact) mass is 452 g/mol. The highest BCUT2D eigenvalue weighted by Crippen LogP contribution is 2.41. The highest BCUT2D eigenvalue weighted by molar-refractivity contribution is 5.76. The van der Waals surface area contributed by atoms with E-state index in [1.807, 2.05) is 4.90 Å². The second kappa shape index (κ2) is 8.85. The second-order valence-electron chi connectivity index (χ2n) is 7.23. The van der Waals surface area contributed by atoms with Crippen LogP contribution in [0.2, 0.25) is 0 Å². The summed E-state index contributed by atoms with van der Waals surface area (Å²) >= 11 is 0. The molecule has 1 amide bonds. The standard InChI is InChI=1S/C19H19F7N4O/c20-14-10-13(2-3-15(14)30-5-1-4-27-30)12-28-6-8-29(9-7-28)17(31)11-16(18(21,22)23)19(24,25)26/h1-5,10,16H,6-9,11-12H2. The van der Waals surface area contributed by atoms with Crippen molar-refractivity contribution in [3.05, 3.63) is 48.0 Å². The van der Waals surface area contributed by atoms with Crippen molar-refractivity contribution in [2.75, 3.05) is 26.2 Å². The number of carbonyl (C=O) groups excluding carboxylic acids is 1. The molecule has 12 heteroatoms. The Morgan fingerprint density at radius 3 is 2.19 bits per heavy atom. The molecule has 0 saturated carbocycles. The SMILES string of the molecule is O=C(CC(C(F)(F)F)C(F)(F)F)N1CCN(Cc2ccc(-n3cccn3)c(F)c2)CC1. The molecule has 1 fully saturated rings. The number of hydrogen-bond acceptors (Lipinski definition) is 3. The highest BCUT2D eigenvalue weighted by Gasteiger charge is 2.57. The molecule has 170 valence electrons. The van der Waals surface area contributed by atoms with Crippen LogP contribution in [0, 0.1) is 11.7 Å². The van der Waals surface area contributed by atoms with Crippen molar-refractivity contribution >= 4 is 5.91 Å². The zero-order valence-corrected chi connectivity index (χ0v) is 16.1. The number of hydrogen-bond donors (Lipinski definition) is 0. The van der Waals surface area contributed by atoms with Crippen molar-refractivity contribution in [2.45, 2.75) is 25.3 Å². The lowest BCUT2D eigenvalue weighted by Gasteiger charge is -2.35. The molecule has 0 N–H and O–H groups in total. The maximum absolute atomic E-state index is 14.3. The summed E-state index contributed by atoms with van der Waals surface area (Å²) in [5.74, 6) is -5.35.